The first-order chi connectivity index (χ1) is 6.83. The highest BCUT2D eigenvalue weighted by Crippen LogP contribution is 2.29. The van der Waals surface area contributed by atoms with Crippen molar-refractivity contribution >= 4 is 17.7 Å². The van der Waals surface area contributed by atoms with Gasteiger partial charge in [-0.25, -0.2) is 4.98 Å². The van der Waals surface area contributed by atoms with E-state index in [1.54, 1.807) is 13.8 Å². The maximum Gasteiger partial charge on any atom is 0.319 e. The largest absolute Gasteiger partial charge is 0.480 e. The van der Waals surface area contributed by atoms with Crippen molar-refractivity contribution in [3.8, 4) is 0 Å². The van der Waals surface area contributed by atoms with Gasteiger partial charge in [0.2, 0.25) is 5.16 Å². The summed E-state index contributed by atoms with van der Waals surface area (Å²) in [5.41, 5.74) is 1.53. The number of aliphatic carboxylic acids is 1. The molecule has 82 valence electrons. The predicted octanol–water partition coefficient (Wildman–Crippen LogP) is 1.44. The monoisotopic (exact) mass is 227 g/mol. The molecule has 0 saturated carbocycles. The van der Waals surface area contributed by atoms with Crippen LogP contribution < -0.4 is 0 Å². The van der Waals surface area contributed by atoms with Gasteiger partial charge in [0.15, 0.2) is 0 Å². The lowest BCUT2D eigenvalue weighted by Crippen LogP contribution is -2.27. The minimum absolute atomic E-state index is 0.394. The second-order valence-electron chi connectivity index (χ2n) is 3.68. The number of nitrogens with zero attached hydrogens (tertiary/aromatic N) is 3. The molecule has 0 saturated heterocycles. The van der Waals surface area contributed by atoms with Gasteiger partial charge in [0.1, 0.15) is 4.75 Å². The van der Waals surface area contributed by atoms with Crippen LogP contribution in [-0.4, -0.2) is 31.0 Å². The van der Waals surface area contributed by atoms with Crippen molar-refractivity contribution in [1.29, 1.82) is 0 Å². The molecule has 0 fully saturated rings. The maximum atomic E-state index is 10.9. The quantitative estimate of drug-likeness (QED) is 0.787. The number of carboxylic acids is 1. The van der Waals surface area contributed by atoms with Crippen molar-refractivity contribution in [2.75, 3.05) is 0 Å². The normalized spacial score (nSPS) is 11.5. The molecule has 0 bridgehead atoms. The minimum Gasteiger partial charge on any atom is -0.480 e. The summed E-state index contributed by atoms with van der Waals surface area (Å²) in [4.78, 5) is 15.0. The van der Waals surface area contributed by atoms with Gasteiger partial charge in [0, 0.05) is 0 Å². The molecule has 6 heteroatoms. The molecule has 5 nitrogen and oxygen atoms in total. The van der Waals surface area contributed by atoms with Crippen LogP contribution in [0.5, 0.6) is 0 Å². The van der Waals surface area contributed by atoms with Crippen molar-refractivity contribution < 1.29 is 9.90 Å². The first kappa shape index (κ1) is 11.9. The second-order valence-corrected chi connectivity index (χ2v) is 5.27. The molecule has 0 aliphatic rings. The van der Waals surface area contributed by atoms with Crippen molar-refractivity contribution in [3.63, 3.8) is 0 Å². The third kappa shape index (κ3) is 2.89. The van der Waals surface area contributed by atoms with Gasteiger partial charge in [0.05, 0.1) is 11.4 Å². The van der Waals surface area contributed by atoms with Crippen molar-refractivity contribution in [2.45, 2.75) is 37.6 Å². The lowest BCUT2D eigenvalue weighted by molar-refractivity contribution is -0.138. The molecule has 15 heavy (non-hydrogen) atoms. The molecule has 0 amide bonds. The Morgan fingerprint density at radius 3 is 2.33 bits per heavy atom. The SMILES string of the molecule is Cc1nnc(SC(C)(C)C(=O)O)nc1C. The van der Waals surface area contributed by atoms with Crippen LogP contribution in [0.15, 0.2) is 5.16 Å². The standard InChI is InChI=1S/C9H13N3O2S/c1-5-6(2)11-12-8(10-5)15-9(3,4)7(13)14/h1-4H3,(H,13,14). The van der Waals surface area contributed by atoms with Crippen LogP contribution in [0.4, 0.5) is 0 Å². The van der Waals surface area contributed by atoms with Crippen LogP contribution in [0.25, 0.3) is 0 Å². The zero-order valence-corrected chi connectivity index (χ0v) is 9.92. The number of rotatable bonds is 3. The first-order valence-electron chi connectivity index (χ1n) is 4.43. The second kappa shape index (κ2) is 4.14. The smallest absolute Gasteiger partial charge is 0.319 e. The van der Waals surface area contributed by atoms with Gasteiger partial charge < -0.3 is 5.11 Å². The van der Waals surface area contributed by atoms with Crippen LogP contribution in [-0.2, 0) is 4.79 Å². The Morgan fingerprint density at radius 1 is 1.27 bits per heavy atom. The number of hydrogen-bond donors (Lipinski definition) is 1. The van der Waals surface area contributed by atoms with E-state index in [-0.39, 0.29) is 0 Å². The number of aromatic nitrogens is 3. The van der Waals surface area contributed by atoms with Gasteiger partial charge in [-0.15, -0.1) is 5.10 Å². The molecule has 0 aliphatic carbocycles. The molecule has 0 radical (unpaired) electrons. The van der Waals surface area contributed by atoms with Crippen LogP contribution >= 0.6 is 11.8 Å². The molecule has 0 atom stereocenters. The third-order valence-corrected chi connectivity index (χ3v) is 2.97. The topological polar surface area (TPSA) is 76.0 Å². The third-order valence-electron chi connectivity index (χ3n) is 1.93. The molecule has 1 rings (SSSR count). The highest BCUT2D eigenvalue weighted by Gasteiger charge is 2.30. The number of carbonyl (C=O) groups is 1. The molecule has 0 aliphatic heterocycles. The predicted molar refractivity (Wildman–Crippen MR) is 56.9 cm³/mol. The van der Waals surface area contributed by atoms with Crippen LogP contribution in [0.1, 0.15) is 25.2 Å². The maximum absolute atomic E-state index is 10.9. The Morgan fingerprint density at radius 2 is 1.87 bits per heavy atom. The highest BCUT2D eigenvalue weighted by molar-refractivity contribution is 8.01. The number of carboxylic acid groups (broad SMARTS) is 1. The van der Waals surface area contributed by atoms with Crippen molar-refractivity contribution in [2.24, 2.45) is 0 Å². The van der Waals surface area contributed by atoms with E-state index in [1.807, 2.05) is 13.8 Å². The molecular formula is C9H13N3O2S. The van der Waals surface area contributed by atoms with E-state index in [9.17, 15) is 4.79 Å². The Bertz CT molecular complexity index is 393. The fourth-order valence-corrected chi connectivity index (χ4v) is 1.56. The molecule has 1 aromatic heterocycles. The average Bonchev–Trinajstić information content (AvgIpc) is 2.10. The Labute approximate surface area is 92.3 Å². The summed E-state index contributed by atoms with van der Waals surface area (Å²) in [6, 6.07) is 0. The molecule has 1 aromatic rings. The minimum atomic E-state index is -0.941. The molecule has 1 heterocycles. The molecular weight excluding hydrogens is 214 g/mol. The lowest BCUT2D eigenvalue weighted by Gasteiger charge is -2.16. The van der Waals surface area contributed by atoms with E-state index in [4.69, 9.17) is 5.11 Å². The first-order valence-corrected chi connectivity index (χ1v) is 5.25. The summed E-state index contributed by atoms with van der Waals surface area (Å²) in [6.45, 7) is 6.85. The number of aryl methyl sites for hydroxylation is 2. The Kier molecular flexibility index (Phi) is 3.28. The zero-order chi connectivity index (χ0) is 11.6. The summed E-state index contributed by atoms with van der Waals surface area (Å²) >= 11 is 1.09. The van der Waals surface area contributed by atoms with E-state index in [0.717, 1.165) is 23.1 Å². The van der Waals surface area contributed by atoms with Gasteiger partial charge in [-0.1, -0.05) is 11.8 Å². The highest BCUT2D eigenvalue weighted by atomic mass is 32.2. The zero-order valence-electron chi connectivity index (χ0n) is 9.11. The Balaban J connectivity index is 2.91. The molecule has 1 N–H and O–H groups in total. The summed E-state index contributed by atoms with van der Waals surface area (Å²) in [7, 11) is 0. The number of thioether (sulfide) groups is 1. The van der Waals surface area contributed by atoms with Crippen LogP contribution in [0, 0.1) is 13.8 Å². The summed E-state index contributed by atoms with van der Waals surface area (Å²) in [5, 5.41) is 17.1. The number of hydrogen-bond acceptors (Lipinski definition) is 5. The van der Waals surface area contributed by atoms with Crippen LogP contribution in [0.2, 0.25) is 0 Å². The van der Waals surface area contributed by atoms with Gasteiger partial charge in [-0.05, 0) is 27.7 Å². The average molecular weight is 227 g/mol. The van der Waals surface area contributed by atoms with Gasteiger partial charge in [0.25, 0.3) is 0 Å². The fraction of sp³-hybridized carbons (Fsp3) is 0.556. The lowest BCUT2D eigenvalue weighted by atomic mass is 10.2. The van der Waals surface area contributed by atoms with E-state index >= 15 is 0 Å². The van der Waals surface area contributed by atoms with Gasteiger partial charge in [-0.3, -0.25) is 4.79 Å². The molecule has 0 spiro atoms. The van der Waals surface area contributed by atoms with Gasteiger partial charge in [-0.2, -0.15) is 5.10 Å². The summed E-state index contributed by atoms with van der Waals surface area (Å²) in [6.07, 6.45) is 0. The summed E-state index contributed by atoms with van der Waals surface area (Å²) < 4.78 is -0.941. The Hall–Kier alpha value is -1.17. The fourth-order valence-electron chi connectivity index (χ4n) is 0.752. The summed E-state index contributed by atoms with van der Waals surface area (Å²) in [5.74, 6) is -0.894. The van der Waals surface area contributed by atoms with Gasteiger partial charge >= 0.3 is 5.97 Å². The van der Waals surface area contributed by atoms with E-state index in [1.165, 1.54) is 0 Å². The van der Waals surface area contributed by atoms with Crippen molar-refractivity contribution in [1.82, 2.24) is 15.2 Å². The van der Waals surface area contributed by atoms with Crippen LogP contribution in [0.3, 0.4) is 0 Å². The van der Waals surface area contributed by atoms with E-state index in [2.05, 4.69) is 15.2 Å². The van der Waals surface area contributed by atoms with E-state index < -0.39 is 10.7 Å². The van der Waals surface area contributed by atoms with Crippen molar-refractivity contribution in [3.05, 3.63) is 11.4 Å². The molecule has 0 aromatic carbocycles. The van der Waals surface area contributed by atoms with E-state index in [0.29, 0.717) is 5.16 Å². The molecule has 0 unspecified atom stereocenters.